The van der Waals surface area contributed by atoms with Crippen LogP contribution in [-0.4, -0.2) is 37.3 Å². The number of benzene rings is 1. The van der Waals surface area contributed by atoms with Gasteiger partial charge in [0, 0.05) is 23.5 Å². The first-order chi connectivity index (χ1) is 9.95. The second-order valence-electron chi connectivity index (χ2n) is 4.96. The van der Waals surface area contributed by atoms with Crippen molar-refractivity contribution in [2.24, 2.45) is 5.92 Å². The SMILES string of the molecule is COCCOC(=O)C(C)Sc1ccc(C(=O)C(C)C)cc1. The molecule has 0 amide bonds. The van der Waals surface area contributed by atoms with Crippen LogP contribution >= 0.6 is 11.8 Å². The summed E-state index contributed by atoms with van der Waals surface area (Å²) in [6, 6.07) is 7.32. The molecular formula is C16H22O4S. The Labute approximate surface area is 130 Å². The Kier molecular flexibility index (Phi) is 7.47. The highest BCUT2D eigenvalue weighted by molar-refractivity contribution is 8.00. The van der Waals surface area contributed by atoms with E-state index in [-0.39, 0.29) is 29.5 Å². The Balaban J connectivity index is 2.55. The molecular weight excluding hydrogens is 288 g/mol. The molecule has 0 N–H and O–H groups in total. The number of Topliss-reactive ketones (excluding diaryl/α,β-unsaturated/α-hetero) is 1. The monoisotopic (exact) mass is 310 g/mol. The van der Waals surface area contributed by atoms with E-state index >= 15 is 0 Å². The number of hydrogen-bond acceptors (Lipinski definition) is 5. The summed E-state index contributed by atoms with van der Waals surface area (Å²) in [5.41, 5.74) is 0.699. The second-order valence-corrected chi connectivity index (χ2v) is 6.38. The average molecular weight is 310 g/mol. The largest absolute Gasteiger partial charge is 0.462 e. The van der Waals surface area contributed by atoms with Crippen molar-refractivity contribution in [2.75, 3.05) is 20.3 Å². The van der Waals surface area contributed by atoms with Gasteiger partial charge in [0.1, 0.15) is 11.9 Å². The summed E-state index contributed by atoms with van der Waals surface area (Å²) in [6.45, 7) is 6.22. The maximum atomic E-state index is 11.8. The first-order valence-electron chi connectivity index (χ1n) is 6.92. The van der Waals surface area contributed by atoms with E-state index in [1.54, 1.807) is 26.2 Å². The molecule has 116 valence electrons. The number of hydrogen-bond donors (Lipinski definition) is 0. The third kappa shape index (κ3) is 5.89. The summed E-state index contributed by atoms with van der Waals surface area (Å²) >= 11 is 1.41. The molecule has 1 unspecified atom stereocenters. The van der Waals surface area contributed by atoms with E-state index in [9.17, 15) is 9.59 Å². The minimum Gasteiger partial charge on any atom is -0.462 e. The smallest absolute Gasteiger partial charge is 0.319 e. The Bertz CT molecular complexity index is 468. The normalized spacial score (nSPS) is 12.2. The van der Waals surface area contributed by atoms with Crippen molar-refractivity contribution >= 4 is 23.5 Å². The molecule has 0 spiro atoms. The average Bonchev–Trinajstić information content (AvgIpc) is 2.47. The number of carbonyl (C=O) groups is 2. The van der Waals surface area contributed by atoms with E-state index in [4.69, 9.17) is 9.47 Å². The fourth-order valence-corrected chi connectivity index (χ4v) is 2.49. The van der Waals surface area contributed by atoms with E-state index in [0.717, 1.165) is 4.90 Å². The topological polar surface area (TPSA) is 52.6 Å². The molecule has 0 aliphatic heterocycles. The van der Waals surface area contributed by atoms with Gasteiger partial charge in [0.2, 0.25) is 0 Å². The summed E-state index contributed by atoms with van der Waals surface area (Å²) in [7, 11) is 1.56. The second kappa shape index (κ2) is 8.85. The summed E-state index contributed by atoms with van der Waals surface area (Å²) in [5, 5.41) is -0.298. The van der Waals surface area contributed by atoms with Crippen LogP contribution in [0.4, 0.5) is 0 Å². The van der Waals surface area contributed by atoms with Crippen molar-refractivity contribution in [3.05, 3.63) is 29.8 Å². The highest BCUT2D eigenvalue weighted by atomic mass is 32.2. The van der Waals surface area contributed by atoms with E-state index in [0.29, 0.717) is 12.2 Å². The molecule has 0 saturated heterocycles. The zero-order valence-corrected chi connectivity index (χ0v) is 13.7. The van der Waals surface area contributed by atoms with Crippen LogP contribution in [-0.2, 0) is 14.3 Å². The Morgan fingerprint density at radius 2 is 1.71 bits per heavy atom. The van der Waals surface area contributed by atoms with Crippen molar-refractivity contribution in [3.63, 3.8) is 0 Å². The summed E-state index contributed by atoms with van der Waals surface area (Å²) in [6.07, 6.45) is 0. The van der Waals surface area contributed by atoms with E-state index < -0.39 is 0 Å². The molecule has 5 heteroatoms. The Morgan fingerprint density at radius 3 is 2.24 bits per heavy atom. The molecule has 0 saturated carbocycles. The van der Waals surface area contributed by atoms with Gasteiger partial charge in [-0.1, -0.05) is 26.0 Å². The fourth-order valence-electron chi connectivity index (χ4n) is 1.63. The van der Waals surface area contributed by atoms with Gasteiger partial charge in [-0.15, -0.1) is 11.8 Å². The lowest BCUT2D eigenvalue weighted by Gasteiger charge is -2.11. The highest BCUT2D eigenvalue weighted by Crippen LogP contribution is 2.24. The molecule has 0 aromatic heterocycles. The molecule has 0 aliphatic rings. The molecule has 0 fully saturated rings. The first-order valence-corrected chi connectivity index (χ1v) is 7.80. The Morgan fingerprint density at radius 1 is 1.10 bits per heavy atom. The lowest BCUT2D eigenvalue weighted by molar-refractivity contribution is -0.143. The minimum atomic E-state index is -0.298. The van der Waals surface area contributed by atoms with Gasteiger partial charge in [0.05, 0.1) is 6.61 Å². The zero-order chi connectivity index (χ0) is 15.8. The number of rotatable bonds is 8. The van der Waals surface area contributed by atoms with E-state index in [1.807, 2.05) is 26.0 Å². The number of esters is 1. The van der Waals surface area contributed by atoms with Crippen molar-refractivity contribution in [2.45, 2.75) is 30.9 Å². The molecule has 4 nitrogen and oxygen atoms in total. The molecule has 0 aliphatic carbocycles. The van der Waals surface area contributed by atoms with Crippen LogP contribution in [0.3, 0.4) is 0 Å². The third-order valence-corrected chi connectivity index (χ3v) is 3.93. The third-order valence-electron chi connectivity index (χ3n) is 2.84. The van der Waals surface area contributed by atoms with Crippen molar-refractivity contribution < 1.29 is 19.1 Å². The molecule has 0 heterocycles. The number of ketones is 1. The van der Waals surface area contributed by atoms with Crippen LogP contribution in [0, 0.1) is 5.92 Å². The van der Waals surface area contributed by atoms with Crippen molar-refractivity contribution in [1.82, 2.24) is 0 Å². The van der Waals surface area contributed by atoms with Gasteiger partial charge in [-0.3, -0.25) is 9.59 Å². The molecule has 21 heavy (non-hydrogen) atoms. The van der Waals surface area contributed by atoms with Crippen LogP contribution in [0.2, 0.25) is 0 Å². The quantitative estimate of drug-likeness (QED) is 0.319. The van der Waals surface area contributed by atoms with Gasteiger partial charge >= 0.3 is 5.97 Å². The van der Waals surface area contributed by atoms with Crippen LogP contribution in [0.1, 0.15) is 31.1 Å². The minimum absolute atomic E-state index is 0.0156. The fraction of sp³-hybridized carbons (Fsp3) is 0.500. The van der Waals surface area contributed by atoms with E-state index in [2.05, 4.69) is 0 Å². The zero-order valence-electron chi connectivity index (χ0n) is 12.9. The van der Waals surface area contributed by atoms with Crippen LogP contribution in [0.5, 0.6) is 0 Å². The summed E-state index contributed by atoms with van der Waals surface area (Å²) in [5.74, 6) is -0.156. The van der Waals surface area contributed by atoms with Gasteiger partial charge in [-0.2, -0.15) is 0 Å². The molecule has 1 atom stereocenters. The standard InChI is InChI=1S/C16H22O4S/c1-11(2)15(17)13-5-7-14(8-6-13)21-12(3)16(18)20-10-9-19-4/h5-8,11-12H,9-10H2,1-4H3. The van der Waals surface area contributed by atoms with Gasteiger partial charge in [0.25, 0.3) is 0 Å². The first kappa shape index (κ1) is 17.7. The van der Waals surface area contributed by atoms with Gasteiger partial charge in [0.15, 0.2) is 5.78 Å². The van der Waals surface area contributed by atoms with Crippen LogP contribution < -0.4 is 0 Å². The molecule has 1 rings (SSSR count). The van der Waals surface area contributed by atoms with Crippen molar-refractivity contribution in [3.8, 4) is 0 Å². The maximum absolute atomic E-state index is 11.8. The van der Waals surface area contributed by atoms with Gasteiger partial charge < -0.3 is 9.47 Å². The van der Waals surface area contributed by atoms with E-state index in [1.165, 1.54) is 11.8 Å². The lowest BCUT2D eigenvalue weighted by atomic mass is 10.0. The number of thioether (sulfide) groups is 1. The highest BCUT2D eigenvalue weighted by Gasteiger charge is 2.16. The predicted octanol–water partition coefficient (Wildman–Crippen LogP) is 3.20. The number of carbonyl (C=O) groups excluding carboxylic acids is 2. The van der Waals surface area contributed by atoms with Crippen LogP contribution in [0.25, 0.3) is 0 Å². The molecule has 0 bridgehead atoms. The van der Waals surface area contributed by atoms with Crippen LogP contribution in [0.15, 0.2) is 29.2 Å². The number of ether oxygens (including phenoxy) is 2. The molecule has 1 aromatic carbocycles. The number of methoxy groups -OCH3 is 1. The van der Waals surface area contributed by atoms with Gasteiger partial charge in [-0.05, 0) is 19.1 Å². The van der Waals surface area contributed by atoms with Crippen molar-refractivity contribution in [1.29, 1.82) is 0 Å². The Hall–Kier alpha value is -1.33. The lowest BCUT2D eigenvalue weighted by Crippen LogP contribution is -2.19. The molecule has 0 radical (unpaired) electrons. The summed E-state index contributed by atoms with van der Waals surface area (Å²) in [4.78, 5) is 24.5. The summed E-state index contributed by atoms with van der Waals surface area (Å²) < 4.78 is 9.90. The molecule has 1 aromatic rings. The predicted molar refractivity (Wildman–Crippen MR) is 83.8 cm³/mol. The van der Waals surface area contributed by atoms with Gasteiger partial charge in [-0.25, -0.2) is 0 Å². The maximum Gasteiger partial charge on any atom is 0.319 e.